The van der Waals surface area contributed by atoms with E-state index < -0.39 is 0 Å². The summed E-state index contributed by atoms with van der Waals surface area (Å²) in [5, 5.41) is 4.43. The number of allylic oxidation sites excluding steroid dienone is 1. The molecule has 0 bridgehead atoms. The maximum Gasteiger partial charge on any atom is 0.267 e. The summed E-state index contributed by atoms with van der Waals surface area (Å²) in [6.07, 6.45) is 2.55. The van der Waals surface area contributed by atoms with Crippen LogP contribution in [0.15, 0.2) is 30.9 Å². The van der Waals surface area contributed by atoms with E-state index in [1.54, 1.807) is 18.2 Å². The highest BCUT2D eigenvalue weighted by atomic mass is 35.5. The maximum absolute atomic E-state index is 12.7. The van der Waals surface area contributed by atoms with Gasteiger partial charge in [0.15, 0.2) is 0 Å². The number of aromatic nitrogens is 1. The number of rotatable bonds is 4. The third kappa shape index (κ3) is 3.30. The number of benzene rings is 1. The third-order valence-corrected chi connectivity index (χ3v) is 6.03. The van der Waals surface area contributed by atoms with Crippen LogP contribution in [0.2, 0.25) is 10.0 Å². The minimum Gasteiger partial charge on any atom is -0.397 e. The van der Waals surface area contributed by atoms with E-state index in [9.17, 15) is 4.79 Å². The Morgan fingerprint density at radius 2 is 2.08 bits per heavy atom. The normalized spacial score (nSPS) is 10.9. The van der Waals surface area contributed by atoms with Gasteiger partial charge in [0.05, 0.1) is 15.7 Å². The fourth-order valence-electron chi connectivity index (χ4n) is 2.89. The van der Waals surface area contributed by atoms with Gasteiger partial charge in [0.1, 0.15) is 9.71 Å². The van der Waals surface area contributed by atoms with Gasteiger partial charge < -0.3 is 11.1 Å². The molecule has 2 heterocycles. The number of pyridine rings is 1. The van der Waals surface area contributed by atoms with Crippen molar-refractivity contribution in [1.82, 2.24) is 4.98 Å². The average Bonchev–Trinajstić information content (AvgIpc) is 2.91. The molecule has 0 saturated heterocycles. The highest BCUT2D eigenvalue weighted by Crippen LogP contribution is 2.37. The lowest BCUT2D eigenvalue weighted by Gasteiger charge is -2.09. The van der Waals surface area contributed by atoms with Crippen LogP contribution in [-0.2, 0) is 6.42 Å². The Kier molecular flexibility index (Phi) is 5.23. The van der Waals surface area contributed by atoms with Crippen molar-refractivity contribution in [3.05, 3.63) is 62.6 Å². The Bertz CT molecular complexity index is 1040. The van der Waals surface area contributed by atoms with Crippen molar-refractivity contribution in [1.29, 1.82) is 0 Å². The summed E-state index contributed by atoms with van der Waals surface area (Å²) in [7, 11) is 0. The van der Waals surface area contributed by atoms with Crippen LogP contribution in [0.25, 0.3) is 10.2 Å². The molecule has 0 aliphatic carbocycles. The quantitative estimate of drug-likeness (QED) is 0.540. The van der Waals surface area contributed by atoms with E-state index >= 15 is 0 Å². The van der Waals surface area contributed by atoms with Crippen LogP contribution in [0.3, 0.4) is 0 Å². The van der Waals surface area contributed by atoms with Crippen molar-refractivity contribution in [2.75, 3.05) is 11.1 Å². The summed E-state index contributed by atoms with van der Waals surface area (Å²) in [5.41, 5.74) is 10.3. The van der Waals surface area contributed by atoms with Crippen LogP contribution in [0.5, 0.6) is 0 Å². The molecule has 0 spiro atoms. The van der Waals surface area contributed by atoms with E-state index in [1.807, 2.05) is 19.9 Å². The number of nitrogens with zero attached hydrogens (tertiary/aromatic N) is 1. The first-order valence-electron chi connectivity index (χ1n) is 7.88. The number of hydrogen-bond acceptors (Lipinski definition) is 4. The molecular weight excluding hydrogens is 389 g/mol. The fraction of sp³-hybridized carbons (Fsp3) is 0.158. The Morgan fingerprint density at radius 3 is 2.73 bits per heavy atom. The number of anilines is 2. The molecule has 0 fully saturated rings. The van der Waals surface area contributed by atoms with E-state index in [0.29, 0.717) is 32.7 Å². The standard InChI is InChI=1S/C19H17Cl2N3OS/c1-4-5-12-9(2)15-16(22)17(26-19(15)23-10(12)3)18(25)24-11-6-7-13(20)14(21)8-11/h4,6-8H,1,5,22H2,2-3H3,(H,24,25). The number of halogens is 2. The molecule has 4 nitrogen and oxygen atoms in total. The van der Waals surface area contributed by atoms with Crippen molar-refractivity contribution in [2.24, 2.45) is 0 Å². The van der Waals surface area contributed by atoms with Gasteiger partial charge in [-0.25, -0.2) is 4.98 Å². The van der Waals surface area contributed by atoms with Crippen LogP contribution in [0, 0.1) is 13.8 Å². The van der Waals surface area contributed by atoms with Crippen LogP contribution in [0.1, 0.15) is 26.5 Å². The van der Waals surface area contributed by atoms with Crippen LogP contribution in [0.4, 0.5) is 11.4 Å². The van der Waals surface area contributed by atoms with Crippen LogP contribution < -0.4 is 11.1 Å². The molecule has 3 N–H and O–H groups in total. The summed E-state index contributed by atoms with van der Waals surface area (Å²) in [5.74, 6) is -0.300. The first-order chi connectivity index (χ1) is 12.3. The molecule has 0 radical (unpaired) electrons. The molecule has 0 unspecified atom stereocenters. The number of fused-ring (bicyclic) bond motifs is 1. The number of thiophene rings is 1. The third-order valence-electron chi connectivity index (χ3n) is 4.19. The van der Waals surface area contributed by atoms with Crippen LogP contribution >= 0.6 is 34.5 Å². The van der Waals surface area contributed by atoms with Gasteiger partial charge in [-0.05, 0) is 49.6 Å². The second-order valence-electron chi connectivity index (χ2n) is 5.90. The number of amides is 1. The number of aryl methyl sites for hydroxylation is 2. The maximum atomic E-state index is 12.7. The predicted octanol–water partition coefficient (Wildman–Crippen LogP) is 5.78. The van der Waals surface area contributed by atoms with E-state index in [0.717, 1.165) is 27.0 Å². The number of nitrogens with one attached hydrogen (secondary N) is 1. The van der Waals surface area contributed by atoms with Crippen molar-refractivity contribution >= 4 is 62.0 Å². The van der Waals surface area contributed by atoms with Gasteiger partial charge in [0, 0.05) is 16.8 Å². The minimum atomic E-state index is -0.300. The van der Waals surface area contributed by atoms with Gasteiger partial charge in [-0.15, -0.1) is 17.9 Å². The highest BCUT2D eigenvalue weighted by Gasteiger charge is 2.21. The van der Waals surface area contributed by atoms with Crippen molar-refractivity contribution in [3.63, 3.8) is 0 Å². The Balaban J connectivity index is 2.03. The number of carbonyl (C=O) groups excluding carboxylic acids is 1. The van der Waals surface area contributed by atoms with Gasteiger partial charge in [0.25, 0.3) is 5.91 Å². The molecule has 0 atom stereocenters. The summed E-state index contributed by atoms with van der Waals surface area (Å²) in [4.78, 5) is 18.5. The number of carbonyl (C=O) groups is 1. The van der Waals surface area contributed by atoms with Gasteiger partial charge in [0.2, 0.25) is 0 Å². The molecule has 26 heavy (non-hydrogen) atoms. The Labute approximate surface area is 165 Å². The topological polar surface area (TPSA) is 68.0 Å². The average molecular weight is 406 g/mol. The molecule has 1 amide bonds. The Morgan fingerprint density at radius 1 is 1.35 bits per heavy atom. The number of nitrogens with two attached hydrogens (primary N) is 1. The summed E-state index contributed by atoms with van der Waals surface area (Å²) >= 11 is 13.2. The second-order valence-corrected chi connectivity index (χ2v) is 7.72. The smallest absolute Gasteiger partial charge is 0.267 e. The lowest BCUT2D eigenvalue weighted by molar-refractivity contribution is 0.103. The van der Waals surface area contributed by atoms with E-state index in [4.69, 9.17) is 28.9 Å². The molecule has 0 aliphatic rings. The monoisotopic (exact) mass is 405 g/mol. The largest absolute Gasteiger partial charge is 0.397 e. The predicted molar refractivity (Wildman–Crippen MR) is 112 cm³/mol. The van der Waals surface area contributed by atoms with E-state index in [1.165, 1.54) is 11.3 Å². The van der Waals surface area contributed by atoms with E-state index in [-0.39, 0.29) is 5.91 Å². The van der Waals surface area contributed by atoms with Gasteiger partial charge in [-0.1, -0.05) is 29.3 Å². The van der Waals surface area contributed by atoms with Crippen molar-refractivity contribution < 1.29 is 4.79 Å². The molecular formula is C19H17Cl2N3OS. The minimum absolute atomic E-state index is 0.300. The molecule has 0 saturated carbocycles. The lowest BCUT2D eigenvalue weighted by Crippen LogP contribution is -2.12. The molecule has 3 rings (SSSR count). The molecule has 2 aromatic heterocycles. The van der Waals surface area contributed by atoms with Crippen molar-refractivity contribution in [3.8, 4) is 0 Å². The molecule has 1 aromatic carbocycles. The molecule has 134 valence electrons. The zero-order valence-electron chi connectivity index (χ0n) is 14.3. The first-order valence-corrected chi connectivity index (χ1v) is 9.46. The Hall–Kier alpha value is -2.08. The number of hydrogen-bond donors (Lipinski definition) is 2. The summed E-state index contributed by atoms with van der Waals surface area (Å²) in [6, 6.07) is 4.91. The number of nitrogen functional groups attached to an aromatic ring is 1. The summed E-state index contributed by atoms with van der Waals surface area (Å²) in [6.45, 7) is 7.75. The highest BCUT2D eigenvalue weighted by molar-refractivity contribution is 7.21. The molecule has 3 aromatic rings. The van der Waals surface area contributed by atoms with Gasteiger partial charge >= 0.3 is 0 Å². The lowest BCUT2D eigenvalue weighted by atomic mass is 10.0. The van der Waals surface area contributed by atoms with Crippen LogP contribution in [-0.4, -0.2) is 10.9 Å². The SMILES string of the molecule is C=CCc1c(C)nc2sc(C(=O)Nc3ccc(Cl)c(Cl)c3)c(N)c2c1C. The fourth-order valence-corrected chi connectivity index (χ4v) is 4.28. The zero-order chi connectivity index (χ0) is 19.0. The molecule has 0 aliphatic heterocycles. The van der Waals surface area contributed by atoms with Crippen molar-refractivity contribution in [2.45, 2.75) is 20.3 Å². The first kappa shape index (κ1) is 18.7. The summed E-state index contributed by atoms with van der Waals surface area (Å²) < 4.78 is 0. The van der Waals surface area contributed by atoms with Gasteiger partial charge in [-0.3, -0.25) is 4.79 Å². The van der Waals surface area contributed by atoms with E-state index in [2.05, 4.69) is 16.9 Å². The zero-order valence-corrected chi connectivity index (χ0v) is 16.6. The second kappa shape index (κ2) is 7.27. The molecule has 7 heteroatoms. The van der Waals surface area contributed by atoms with Gasteiger partial charge in [-0.2, -0.15) is 0 Å².